The smallest absolute Gasteiger partial charge is 0.109 e. The summed E-state index contributed by atoms with van der Waals surface area (Å²) in [7, 11) is 0. The van der Waals surface area contributed by atoms with Crippen LogP contribution in [0.25, 0.3) is 0 Å². The molecule has 0 N–H and O–H groups in total. The van der Waals surface area contributed by atoms with E-state index in [-0.39, 0.29) is 0 Å². The zero-order valence-corrected chi connectivity index (χ0v) is 7.31. The Morgan fingerprint density at radius 3 is 2.83 bits per heavy atom. The molecule has 0 saturated carbocycles. The van der Waals surface area contributed by atoms with Crippen LogP contribution < -0.4 is 0 Å². The first kappa shape index (κ1) is 10.8. The molecule has 0 aliphatic carbocycles. The minimum Gasteiger partial charge on any atom is -0.356 e. The number of allylic oxidation sites excluding steroid dienone is 1. The summed E-state index contributed by atoms with van der Waals surface area (Å²) < 4.78 is 4.96. The number of ether oxygens (including phenoxy) is 1. The SMILES string of the molecule is C#CCOCC#CCCCC=C. The zero-order chi connectivity index (χ0) is 9.07. The first-order valence-electron chi connectivity index (χ1n) is 3.99. The van der Waals surface area contributed by atoms with E-state index in [0.717, 1.165) is 19.3 Å². The van der Waals surface area contributed by atoms with Crippen molar-refractivity contribution in [1.82, 2.24) is 0 Å². The van der Waals surface area contributed by atoms with Gasteiger partial charge in [0.1, 0.15) is 13.2 Å². The highest BCUT2D eigenvalue weighted by Gasteiger charge is 1.78. The van der Waals surface area contributed by atoms with Crippen molar-refractivity contribution in [3.8, 4) is 24.2 Å². The maximum atomic E-state index is 4.97. The first-order chi connectivity index (χ1) is 5.91. The molecule has 12 heavy (non-hydrogen) atoms. The summed E-state index contributed by atoms with van der Waals surface area (Å²) in [5.41, 5.74) is 0. The van der Waals surface area contributed by atoms with E-state index < -0.39 is 0 Å². The molecular formula is C11H14O. The van der Waals surface area contributed by atoms with Gasteiger partial charge in [-0.1, -0.05) is 17.9 Å². The largest absolute Gasteiger partial charge is 0.356 e. The molecule has 0 aromatic heterocycles. The maximum Gasteiger partial charge on any atom is 0.109 e. The van der Waals surface area contributed by atoms with Crippen LogP contribution in [0.15, 0.2) is 12.7 Å². The number of unbranched alkanes of at least 4 members (excludes halogenated alkanes) is 2. The van der Waals surface area contributed by atoms with E-state index in [2.05, 4.69) is 24.3 Å². The van der Waals surface area contributed by atoms with Gasteiger partial charge in [-0.15, -0.1) is 18.9 Å². The average Bonchev–Trinajstić information content (AvgIpc) is 2.10. The Morgan fingerprint density at radius 1 is 1.33 bits per heavy atom. The number of terminal acetylenes is 1. The summed E-state index contributed by atoms with van der Waals surface area (Å²) in [6.45, 7) is 4.42. The third kappa shape index (κ3) is 8.82. The molecule has 0 saturated heterocycles. The Bertz CT molecular complexity index is 199. The second-order valence-corrected chi connectivity index (χ2v) is 2.23. The standard InChI is InChI=1S/C11H14O/c1-3-5-6-7-8-9-11-12-10-4-2/h2-3H,1,5-7,10-11H2. The van der Waals surface area contributed by atoms with Gasteiger partial charge in [-0.3, -0.25) is 0 Å². The van der Waals surface area contributed by atoms with Crippen LogP contribution in [0.2, 0.25) is 0 Å². The van der Waals surface area contributed by atoms with Crippen LogP contribution in [0.5, 0.6) is 0 Å². The van der Waals surface area contributed by atoms with E-state index in [1.165, 1.54) is 0 Å². The molecule has 0 atom stereocenters. The topological polar surface area (TPSA) is 9.23 Å². The van der Waals surface area contributed by atoms with E-state index in [4.69, 9.17) is 11.2 Å². The van der Waals surface area contributed by atoms with Gasteiger partial charge in [-0.05, 0) is 12.8 Å². The Kier molecular flexibility index (Phi) is 8.85. The van der Waals surface area contributed by atoms with Crippen molar-refractivity contribution in [2.75, 3.05) is 13.2 Å². The predicted molar refractivity (Wildman–Crippen MR) is 51.5 cm³/mol. The van der Waals surface area contributed by atoms with Gasteiger partial charge in [0.25, 0.3) is 0 Å². The van der Waals surface area contributed by atoms with E-state index in [1.54, 1.807) is 0 Å². The molecule has 0 unspecified atom stereocenters. The minimum atomic E-state index is 0.349. The quantitative estimate of drug-likeness (QED) is 0.341. The lowest BCUT2D eigenvalue weighted by molar-refractivity contribution is 0.204. The molecule has 0 aromatic rings. The van der Waals surface area contributed by atoms with E-state index in [9.17, 15) is 0 Å². The molecule has 1 heteroatoms. The van der Waals surface area contributed by atoms with Crippen molar-refractivity contribution < 1.29 is 4.74 Å². The molecule has 0 amide bonds. The number of rotatable bonds is 5. The Labute approximate surface area is 74.8 Å². The molecule has 0 aliphatic rings. The normalized spacial score (nSPS) is 7.92. The van der Waals surface area contributed by atoms with Crippen LogP contribution in [-0.2, 0) is 4.74 Å². The highest BCUT2D eigenvalue weighted by molar-refractivity contribution is 4.99. The van der Waals surface area contributed by atoms with Crippen molar-refractivity contribution in [2.24, 2.45) is 0 Å². The molecule has 0 aromatic carbocycles. The summed E-state index contributed by atoms with van der Waals surface area (Å²) >= 11 is 0. The molecule has 0 bridgehead atoms. The first-order valence-corrected chi connectivity index (χ1v) is 3.99. The second kappa shape index (κ2) is 9.82. The molecule has 0 radical (unpaired) electrons. The third-order valence-electron chi connectivity index (χ3n) is 1.19. The highest BCUT2D eigenvalue weighted by atomic mass is 16.5. The molecule has 0 rings (SSSR count). The lowest BCUT2D eigenvalue weighted by Gasteiger charge is -1.89. The highest BCUT2D eigenvalue weighted by Crippen LogP contribution is 1.92. The van der Waals surface area contributed by atoms with Gasteiger partial charge in [-0.25, -0.2) is 0 Å². The summed E-state index contributed by atoms with van der Waals surface area (Å²) in [5.74, 6) is 8.24. The number of hydrogen-bond donors (Lipinski definition) is 0. The van der Waals surface area contributed by atoms with Crippen LogP contribution in [0, 0.1) is 24.2 Å². The summed E-state index contributed by atoms with van der Waals surface area (Å²) in [5, 5.41) is 0. The molecule has 64 valence electrons. The van der Waals surface area contributed by atoms with Crippen LogP contribution >= 0.6 is 0 Å². The molecule has 0 fully saturated rings. The fraction of sp³-hybridized carbons (Fsp3) is 0.455. The fourth-order valence-corrected chi connectivity index (χ4v) is 0.635. The van der Waals surface area contributed by atoms with Gasteiger partial charge in [-0.2, -0.15) is 0 Å². The summed E-state index contributed by atoms with van der Waals surface area (Å²) in [4.78, 5) is 0. The summed E-state index contributed by atoms with van der Waals surface area (Å²) in [6.07, 6.45) is 9.88. The predicted octanol–water partition coefficient (Wildman–Crippen LogP) is 2.00. The fourth-order valence-electron chi connectivity index (χ4n) is 0.635. The van der Waals surface area contributed by atoms with E-state index in [1.807, 2.05) is 6.08 Å². The third-order valence-corrected chi connectivity index (χ3v) is 1.19. The van der Waals surface area contributed by atoms with Crippen LogP contribution in [0.3, 0.4) is 0 Å². The minimum absolute atomic E-state index is 0.349. The molecule has 0 heterocycles. The summed E-state index contributed by atoms with van der Waals surface area (Å²) in [6, 6.07) is 0. The van der Waals surface area contributed by atoms with Crippen LogP contribution in [-0.4, -0.2) is 13.2 Å². The van der Waals surface area contributed by atoms with Crippen molar-refractivity contribution in [3.63, 3.8) is 0 Å². The Morgan fingerprint density at radius 2 is 2.17 bits per heavy atom. The Balaban J connectivity index is 3.12. The monoisotopic (exact) mass is 162 g/mol. The zero-order valence-electron chi connectivity index (χ0n) is 7.31. The Hall–Kier alpha value is -1.18. The van der Waals surface area contributed by atoms with Gasteiger partial charge < -0.3 is 4.74 Å². The van der Waals surface area contributed by atoms with Gasteiger partial charge in [0.15, 0.2) is 0 Å². The van der Waals surface area contributed by atoms with Crippen LogP contribution in [0.1, 0.15) is 19.3 Å². The van der Waals surface area contributed by atoms with Crippen molar-refractivity contribution in [2.45, 2.75) is 19.3 Å². The second-order valence-electron chi connectivity index (χ2n) is 2.23. The van der Waals surface area contributed by atoms with Gasteiger partial charge >= 0.3 is 0 Å². The molecule has 0 spiro atoms. The van der Waals surface area contributed by atoms with Gasteiger partial charge in [0.2, 0.25) is 0 Å². The average molecular weight is 162 g/mol. The molecule has 0 aliphatic heterocycles. The maximum absolute atomic E-state index is 4.97. The molecule has 1 nitrogen and oxygen atoms in total. The van der Waals surface area contributed by atoms with Crippen LogP contribution in [0.4, 0.5) is 0 Å². The van der Waals surface area contributed by atoms with Gasteiger partial charge in [0, 0.05) is 6.42 Å². The van der Waals surface area contributed by atoms with E-state index in [0.29, 0.717) is 13.2 Å². The molecular weight excluding hydrogens is 148 g/mol. The van der Waals surface area contributed by atoms with Crippen molar-refractivity contribution in [3.05, 3.63) is 12.7 Å². The van der Waals surface area contributed by atoms with E-state index >= 15 is 0 Å². The van der Waals surface area contributed by atoms with Crippen molar-refractivity contribution >= 4 is 0 Å². The van der Waals surface area contributed by atoms with Gasteiger partial charge in [0.05, 0.1) is 0 Å². The number of hydrogen-bond acceptors (Lipinski definition) is 1. The lowest BCUT2D eigenvalue weighted by atomic mass is 10.2. The lowest BCUT2D eigenvalue weighted by Crippen LogP contribution is -1.90. The van der Waals surface area contributed by atoms with Crippen molar-refractivity contribution in [1.29, 1.82) is 0 Å².